The molecule has 0 spiro atoms. The van der Waals surface area contributed by atoms with Crippen LogP contribution in [0.15, 0.2) is 17.8 Å². The lowest BCUT2D eigenvalue weighted by Crippen LogP contribution is -2.32. The molecule has 6 nitrogen and oxygen atoms in total. The Morgan fingerprint density at radius 1 is 1.57 bits per heavy atom. The van der Waals surface area contributed by atoms with Crippen molar-refractivity contribution in [2.75, 3.05) is 12.4 Å². The topological polar surface area (TPSA) is 63.1 Å². The molecule has 2 aromatic heterocycles. The molecule has 0 atom stereocenters. The van der Waals surface area contributed by atoms with Gasteiger partial charge in [-0.15, -0.1) is 11.3 Å². The predicted molar refractivity (Wildman–Crippen MR) is 75.5 cm³/mol. The molecule has 114 valence electrons. The third-order valence-corrected chi connectivity index (χ3v) is 3.62. The van der Waals surface area contributed by atoms with E-state index in [1.807, 2.05) is 12.3 Å². The Hall–Kier alpha value is -2.03. The number of carbonyl (C=O) groups excluding carboxylic acids is 1. The Bertz CT molecular complexity index is 612. The molecule has 2 aromatic rings. The highest BCUT2D eigenvalue weighted by molar-refractivity contribution is 7.13. The minimum Gasteiger partial charge on any atom is -0.320 e. The minimum atomic E-state index is -2.68. The Morgan fingerprint density at radius 2 is 2.33 bits per heavy atom. The summed E-state index contributed by atoms with van der Waals surface area (Å²) in [6, 6.07) is -0.421. The van der Waals surface area contributed by atoms with Crippen LogP contribution in [0.25, 0.3) is 0 Å². The van der Waals surface area contributed by atoms with Gasteiger partial charge < -0.3 is 4.90 Å². The molecule has 1 N–H and O–H groups in total. The van der Waals surface area contributed by atoms with Gasteiger partial charge >= 0.3 is 12.6 Å². The first-order valence-corrected chi connectivity index (χ1v) is 7.15. The summed E-state index contributed by atoms with van der Waals surface area (Å²) >= 11 is 1.33. The number of anilines is 1. The van der Waals surface area contributed by atoms with Crippen molar-refractivity contribution in [1.82, 2.24) is 19.4 Å². The Balaban J connectivity index is 1.97. The Labute approximate surface area is 124 Å². The summed E-state index contributed by atoms with van der Waals surface area (Å²) in [5.41, 5.74) is 0.895. The number of amides is 2. The highest BCUT2D eigenvalue weighted by atomic mass is 32.1. The molecule has 0 aliphatic carbocycles. The molecule has 0 bridgehead atoms. The number of nitrogens with zero attached hydrogens (tertiary/aromatic N) is 4. The van der Waals surface area contributed by atoms with Crippen LogP contribution in [0.3, 0.4) is 0 Å². The molecule has 2 rings (SSSR count). The normalized spacial score (nSPS) is 10.9. The summed E-state index contributed by atoms with van der Waals surface area (Å²) < 4.78 is 26.1. The Morgan fingerprint density at radius 3 is 2.95 bits per heavy atom. The van der Waals surface area contributed by atoms with Crippen molar-refractivity contribution in [2.45, 2.75) is 26.4 Å². The van der Waals surface area contributed by atoms with Crippen molar-refractivity contribution in [3.63, 3.8) is 0 Å². The standard InChI is InChI=1S/C12H15F2N5OS/c1-3-8-7-21-11(16-8)17-12(20)18(2)6-9-15-4-5-19(9)10(13)14/h4-5,7,10H,3,6H2,1-2H3,(H,16,17,20). The van der Waals surface area contributed by atoms with E-state index < -0.39 is 12.6 Å². The van der Waals surface area contributed by atoms with Crippen molar-refractivity contribution >= 4 is 22.5 Å². The second-order valence-corrected chi connectivity index (χ2v) is 5.17. The molecule has 9 heteroatoms. The molecule has 0 radical (unpaired) electrons. The maximum Gasteiger partial charge on any atom is 0.323 e. The number of thiazole rings is 1. The van der Waals surface area contributed by atoms with Crippen LogP contribution in [-0.4, -0.2) is 32.5 Å². The van der Waals surface area contributed by atoms with Gasteiger partial charge in [0.1, 0.15) is 5.82 Å². The van der Waals surface area contributed by atoms with Gasteiger partial charge in [-0.2, -0.15) is 8.78 Å². The van der Waals surface area contributed by atoms with E-state index >= 15 is 0 Å². The summed E-state index contributed by atoms with van der Waals surface area (Å²) in [5.74, 6) is 0.121. The van der Waals surface area contributed by atoms with E-state index in [2.05, 4.69) is 15.3 Å². The molecule has 21 heavy (non-hydrogen) atoms. The van der Waals surface area contributed by atoms with Gasteiger partial charge in [0.15, 0.2) is 5.13 Å². The first-order chi connectivity index (χ1) is 10.0. The van der Waals surface area contributed by atoms with Crippen LogP contribution in [0.1, 0.15) is 25.0 Å². The number of nitrogens with one attached hydrogen (secondary N) is 1. The average molecular weight is 315 g/mol. The van der Waals surface area contributed by atoms with E-state index in [1.165, 1.54) is 35.7 Å². The van der Waals surface area contributed by atoms with E-state index in [0.29, 0.717) is 5.13 Å². The molecule has 2 amide bonds. The third kappa shape index (κ3) is 3.75. The first-order valence-electron chi connectivity index (χ1n) is 6.27. The largest absolute Gasteiger partial charge is 0.323 e. The zero-order valence-corrected chi connectivity index (χ0v) is 12.4. The summed E-state index contributed by atoms with van der Waals surface area (Å²) in [6.07, 6.45) is 3.25. The lowest BCUT2D eigenvalue weighted by Gasteiger charge is -2.17. The number of hydrogen-bond acceptors (Lipinski definition) is 4. The number of alkyl halides is 2. The third-order valence-electron chi connectivity index (χ3n) is 2.81. The molecular formula is C12H15F2N5OS. The van der Waals surface area contributed by atoms with Gasteiger partial charge in [-0.25, -0.2) is 14.8 Å². The second-order valence-electron chi connectivity index (χ2n) is 4.31. The maximum absolute atomic E-state index is 12.7. The maximum atomic E-state index is 12.7. The van der Waals surface area contributed by atoms with Crippen LogP contribution in [-0.2, 0) is 13.0 Å². The van der Waals surface area contributed by atoms with Gasteiger partial charge in [0, 0.05) is 24.8 Å². The van der Waals surface area contributed by atoms with Crippen LogP contribution in [0.5, 0.6) is 0 Å². The number of aromatic nitrogens is 3. The number of halogens is 2. The number of aryl methyl sites for hydroxylation is 1. The quantitative estimate of drug-likeness (QED) is 0.922. The van der Waals surface area contributed by atoms with E-state index in [1.54, 1.807) is 0 Å². The van der Waals surface area contributed by atoms with Crippen molar-refractivity contribution in [2.24, 2.45) is 0 Å². The van der Waals surface area contributed by atoms with Gasteiger partial charge in [0.05, 0.1) is 12.2 Å². The zero-order chi connectivity index (χ0) is 15.4. The highest BCUT2D eigenvalue weighted by Crippen LogP contribution is 2.17. The van der Waals surface area contributed by atoms with Crippen LogP contribution >= 0.6 is 11.3 Å². The molecule has 0 saturated carbocycles. The number of imidazole rings is 1. The fraction of sp³-hybridized carbons (Fsp3) is 0.417. The smallest absolute Gasteiger partial charge is 0.320 e. The first kappa shape index (κ1) is 15.4. The van der Waals surface area contributed by atoms with Crippen molar-refractivity contribution in [1.29, 1.82) is 0 Å². The molecule has 0 aliphatic heterocycles. The monoisotopic (exact) mass is 315 g/mol. The zero-order valence-electron chi connectivity index (χ0n) is 11.6. The fourth-order valence-electron chi connectivity index (χ4n) is 1.64. The van der Waals surface area contributed by atoms with Gasteiger partial charge in [-0.1, -0.05) is 6.92 Å². The van der Waals surface area contributed by atoms with Crippen molar-refractivity contribution in [3.05, 3.63) is 29.3 Å². The van der Waals surface area contributed by atoms with E-state index in [9.17, 15) is 13.6 Å². The highest BCUT2D eigenvalue weighted by Gasteiger charge is 2.17. The van der Waals surface area contributed by atoms with Gasteiger partial charge in [-0.3, -0.25) is 9.88 Å². The number of urea groups is 1. The fourth-order valence-corrected chi connectivity index (χ4v) is 2.42. The number of carbonyl (C=O) groups is 1. The predicted octanol–water partition coefficient (Wildman–Crippen LogP) is 2.96. The number of rotatable bonds is 5. The van der Waals surface area contributed by atoms with E-state index in [-0.39, 0.29) is 12.4 Å². The van der Waals surface area contributed by atoms with Crippen LogP contribution in [0.2, 0.25) is 0 Å². The van der Waals surface area contributed by atoms with Crippen LogP contribution in [0.4, 0.5) is 18.7 Å². The summed E-state index contributed by atoms with van der Waals surface area (Å²) in [7, 11) is 1.51. The minimum absolute atomic E-state index is 0.0187. The van der Waals surface area contributed by atoms with Gasteiger partial charge in [0.2, 0.25) is 0 Å². The van der Waals surface area contributed by atoms with Crippen molar-refractivity contribution in [3.8, 4) is 0 Å². The summed E-state index contributed by atoms with van der Waals surface area (Å²) in [5, 5.41) is 4.97. The molecule has 0 saturated heterocycles. The van der Waals surface area contributed by atoms with E-state index in [4.69, 9.17) is 0 Å². The molecule has 0 aliphatic rings. The average Bonchev–Trinajstić information content (AvgIpc) is 3.07. The second kappa shape index (κ2) is 6.61. The van der Waals surface area contributed by atoms with Gasteiger partial charge in [0.25, 0.3) is 0 Å². The lowest BCUT2D eigenvalue weighted by atomic mass is 10.4. The number of hydrogen-bond donors (Lipinski definition) is 1. The van der Waals surface area contributed by atoms with E-state index in [0.717, 1.165) is 16.7 Å². The molecule has 0 fully saturated rings. The molecule has 0 unspecified atom stereocenters. The van der Waals surface area contributed by atoms with Crippen LogP contribution < -0.4 is 5.32 Å². The van der Waals surface area contributed by atoms with Crippen LogP contribution in [0, 0.1) is 0 Å². The van der Waals surface area contributed by atoms with Crippen molar-refractivity contribution < 1.29 is 13.6 Å². The Kier molecular flexibility index (Phi) is 4.84. The molecular weight excluding hydrogens is 300 g/mol. The SMILES string of the molecule is CCc1csc(NC(=O)N(C)Cc2nccn2C(F)F)n1. The summed E-state index contributed by atoms with van der Waals surface area (Å²) in [6.45, 7) is -0.725. The van der Waals surface area contributed by atoms with Gasteiger partial charge in [-0.05, 0) is 6.42 Å². The summed E-state index contributed by atoms with van der Waals surface area (Å²) in [4.78, 5) is 21.3. The molecule has 0 aromatic carbocycles. The molecule has 2 heterocycles. The lowest BCUT2D eigenvalue weighted by molar-refractivity contribution is 0.0652.